The lowest BCUT2D eigenvalue weighted by Crippen LogP contribution is -2.36. The second kappa shape index (κ2) is 12.6. The number of ether oxygens (including phenoxy) is 2. The van der Waals surface area contributed by atoms with E-state index in [0.717, 1.165) is 16.8 Å². The van der Waals surface area contributed by atoms with Crippen LogP contribution in [0, 0.1) is 0 Å². The molecule has 1 N–H and O–H groups in total. The fourth-order valence-corrected chi connectivity index (χ4v) is 3.89. The summed E-state index contributed by atoms with van der Waals surface area (Å²) in [6.07, 6.45) is 2.38. The number of halogens is 1. The van der Waals surface area contributed by atoms with Crippen molar-refractivity contribution >= 4 is 23.3 Å². The lowest BCUT2D eigenvalue weighted by atomic mass is 10.1. The average molecular weight is 502 g/mol. The molecule has 2 amide bonds. The summed E-state index contributed by atoms with van der Waals surface area (Å²) in [5, 5.41) is 3.51. The van der Waals surface area contributed by atoms with Crippen LogP contribution in [0.4, 0.5) is 10.5 Å². The molecule has 1 heterocycles. The Morgan fingerprint density at radius 1 is 0.917 bits per heavy atom. The number of hydrogen-bond donors (Lipinski definition) is 1. The smallest absolute Gasteiger partial charge is 0.322 e. The summed E-state index contributed by atoms with van der Waals surface area (Å²) in [5.41, 5.74) is 3.53. The molecule has 0 spiro atoms. The number of urea groups is 1. The summed E-state index contributed by atoms with van der Waals surface area (Å²) < 4.78 is 11.6. The van der Waals surface area contributed by atoms with Crippen molar-refractivity contribution in [2.45, 2.75) is 19.6 Å². The van der Waals surface area contributed by atoms with Crippen molar-refractivity contribution < 1.29 is 14.3 Å². The van der Waals surface area contributed by atoms with E-state index in [1.165, 1.54) is 0 Å². The molecule has 4 aromatic rings. The second-order valence-electron chi connectivity index (χ2n) is 8.19. The van der Waals surface area contributed by atoms with Crippen LogP contribution in [0.2, 0.25) is 5.02 Å². The average Bonchev–Trinajstić information content (AvgIpc) is 2.91. The molecule has 0 aliphatic heterocycles. The Kier molecular flexibility index (Phi) is 8.78. The SMILES string of the molecule is COc1ccc(CN(CCc2ccccn2)C(=O)Nc2cccc(Cl)c2)cc1OCc1ccccc1. The standard InChI is InChI=1S/C29H28ClN3O3/c1-35-27-14-13-23(18-28(27)36-21-22-8-3-2-4-9-22)20-33(17-15-25-11-5-6-16-31-25)29(34)32-26-12-7-10-24(30)19-26/h2-14,16,18-19H,15,17,20-21H2,1H3,(H,32,34). The highest BCUT2D eigenvalue weighted by molar-refractivity contribution is 6.30. The maximum Gasteiger partial charge on any atom is 0.322 e. The van der Waals surface area contributed by atoms with E-state index in [0.29, 0.717) is 48.3 Å². The van der Waals surface area contributed by atoms with Crippen molar-refractivity contribution in [3.05, 3.63) is 119 Å². The summed E-state index contributed by atoms with van der Waals surface area (Å²) in [4.78, 5) is 19.4. The first-order valence-electron chi connectivity index (χ1n) is 11.7. The van der Waals surface area contributed by atoms with E-state index in [9.17, 15) is 4.79 Å². The zero-order valence-corrected chi connectivity index (χ0v) is 20.8. The van der Waals surface area contributed by atoms with Crippen LogP contribution >= 0.6 is 11.6 Å². The van der Waals surface area contributed by atoms with Crippen molar-refractivity contribution in [2.24, 2.45) is 0 Å². The molecule has 6 nitrogen and oxygen atoms in total. The predicted octanol–water partition coefficient (Wildman–Crippen LogP) is 6.60. The summed E-state index contributed by atoms with van der Waals surface area (Å²) in [6, 6.07) is 28.3. The molecule has 0 radical (unpaired) electrons. The van der Waals surface area contributed by atoms with Crippen molar-refractivity contribution in [2.75, 3.05) is 19.0 Å². The van der Waals surface area contributed by atoms with Crippen LogP contribution in [-0.4, -0.2) is 29.6 Å². The molecule has 4 rings (SSSR count). The molecule has 0 saturated carbocycles. The van der Waals surface area contributed by atoms with Gasteiger partial charge in [0.2, 0.25) is 0 Å². The predicted molar refractivity (Wildman–Crippen MR) is 143 cm³/mol. The molecule has 7 heteroatoms. The number of pyridine rings is 1. The number of methoxy groups -OCH3 is 1. The second-order valence-corrected chi connectivity index (χ2v) is 8.63. The number of rotatable bonds is 10. The molecule has 0 aliphatic carbocycles. The van der Waals surface area contributed by atoms with E-state index >= 15 is 0 Å². The summed E-state index contributed by atoms with van der Waals surface area (Å²) in [5.74, 6) is 1.26. The first kappa shape index (κ1) is 25.1. The lowest BCUT2D eigenvalue weighted by molar-refractivity contribution is 0.209. The van der Waals surface area contributed by atoms with Gasteiger partial charge >= 0.3 is 6.03 Å². The quantitative estimate of drug-likeness (QED) is 0.266. The zero-order chi connectivity index (χ0) is 25.2. The number of nitrogens with zero attached hydrogens (tertiary/aromatic N) is 2. The molecular formula is C29H28ClN3O3. The van der Waals surface area contributed by atoms with Gasteiger partial charge in [-0.05, 0) is 53.6 Å². The molecule has 0 fully saturated rings. The first-order valence-corrected chi connectivity index (χ1v) is 12.0. The van der Waals surface area contributed by atoms with Crippen molar-refractivity contribution in [3.63, 3.8) is 0 Å². The lowest BCUT2D eigenvalue weighted by Gasteiger charge is -2.24. The Morgan fingerprint density at radius 2 is 1.75 bits per heavy atom. The molecule has 0 aliphatic rings. The van der Waals surface area contributed by atoms with Crippen molar-refractivity contribution in [1.29, 1.82) is 0 Å². The van der Waals surface area contributed by atoms with Gasteiger partial charge < -0.3 is 19.7 Å². The molecule has 0 unspecified atom stereocenters. The van der Waals surface area contributed by atoms with Gasteiger partial charge in [-0.25, -0.2) is 4.79 Å². The van der Waals surface area contributed by atoms with Crippen LogP contribution in [0.5, 0.6) is 11.5 Å². The number of carbonyl (C=O) groups excluding carboxylic acids is 1. The number of anilines is 1. The molecule has 0 atom stereocenters. The molecule has 0 bridgehead atoms. The van der Waals surface area contributed by atoms with E-state index in [4.69, 9.17) is 21.1 Å². The van der Waals surface area contributed by atoms with Crippen molar-refractivity contribution in [3.8, 4) is 11.5 Å². The number of aromatic nitrogens is 1. The third kappa shape index (κ3) is 7.23. The van der Waals surface area contributed by atoms with Crippen LogP contribution in [-0.2, 0) is 19.6 Å². The fraction of sp³-hybridized carbons (Fsp3) is 0.172. The van der Waals surface area contributed by atoms with Gasteiger partial charge in [0.1, 0.15) is 6.61 Å². The Hall–Kier alpha value is -4.03. The Labute approximate surface area is 216 Å². The Balaban J connectivity index is 1.51. The maximum absolute atomic E-state index is 13.3. The van der Waals surface area contributed by atoms with E-state index < -0.39 is 0 Å². The first-order chi connectivity index (χ1) is 17.6. The van der Waals surface area contributed by atoms with E-state index in [1.54, 1.807) is 36.4 Å². The van der Waals surface area contributed by atoms with Crippen LogP contribution in [0.3, 0.4) is 0 Å². The van der Waals surface area contributed by atoms with Gasteiger partial charge in [-0.2, -0.15) is 0 Å². The Morgan fingerprint density at radius 3 is 2.50 bits per heavy atom. The fourth-order valence-electron chi connectivity index (χ4n) is 3.70. The third-order valence-electron chi connectivity index (χ3n) is 5.57. The monoisotopic (exact) mass is 501 g/mol. The molecule has 3 aromatic carbocycles. The minimum absolute atomic E-state index is 0.226. The number of carbonyl (C=O) groups is 1. The van der Waals surface area contributed by atoms with Crippen LogP contribution in [0.1, 0.15) is 16.8 Å². The Bertz CT molecular complexity index is 1270. The minimum atomic E-state index is -0.226. The van der Waals surface area contributed by atoms with E-state index in [2.05, 4.69) is 10.3 Å². The van der Waals surface area contributed by atoms with Gasteiger partial charge in [-0.15, -0.1) is 0 Å². The highest BCUT2D eigenvalue weighted by atomic mass is 35.5. The zero-order valence-electron chi connectivity index (χ0n) is 20.1. The van der Waals surface area contributed by atoms with Gasteiger partial charge in [0, 0.05) is 42.1 Å². The van der Waals surface area contributed by atoms with Gasteiger partial charge in [-0.3, -0.25) is 4.98 Å². The number of nitrogens with one attached hydrogen (secondary N) is 1. The van der Waals surface area contributed by atoms with Gasteiger partial charge in [0.25, 0.3) is 0 Å². The van der Waals surface area contributed by atoms with Gasteiger partial charge in [0.05, 0.1) is 7.11 Å². The van der Waals surface area contributed by atoms with E-state index in [1.807, 2.05) is 72.8 Å². The molecule has 1 aromatic heterocycles. The topological polar surface area (TPSA) is 63.7 Å². The van der Waals surface area contributed by atoms with Gasteiger partial charge in [-0.1, -0.05) is 60.1 Å². The molecular weight excluding hydrogens is 474 g/mol. The van der Waals surface area contributed by atoms with Crippen molar-refractivity contribution in [1.82, 2.24) is 9.88 Å². The highest BCUT2D eigenvalue weighted by Gasteiger charge is 2.17. The molecule has 0 saturated heterocycles. The highest BCUT2D eigenvalue weighted by Crippen LogP contribution is 2.29. The largest absolute Gasteiger partial charge is 0.493 e. The third-order valence-corrected chi connectivity index (χ3v) is 5.80. The summed E-state index contributed by atoms with van der Waals surface area (Å²) in [6.45, 7) is 1.28. The normalized spacial score (nSPS) is 10.5. The summed E-state index contributed by atoms with van der Waals surface area (Å²) in [7, 11) is 1.61. The summed E-state index contributed by atoms with van der Waals surface area (Å²) >= 11 is 6.10. The minimum Gasteiger partial charge on any atom is -0.493 e. The molecule has 184 valence electrons. The van der Waals surface area contributed by atoms with Crippen LogP contribution in [0.15, 0.2) is 97.2 Å². The number of hydrogen-bond acceptors (Lipinski definition) is 4. The number of benzene rings is 3. The molecule has 36 heavy (non-hydrogen) atoms. The van der Waals surface area contributed by atoms with Crippen LogP contribution < -0.4 is 14.8 Å². The number of amides is 2. The maximum atomic E-state index is 13.3. The van der Waals surface area contributed by atoms with E-state index in [-0.39, 0.29) is 6.03 Å². The van der Waals surface area contributed by atoms with Crippen LogP contribution in [0.25, 0.3) is 0 Å². The van der Waals surface area contributed by atoms with Gasteiger partial charge in [0.15, 0.2) is 11.5 Å².